The van der Waals surface area contributed by atoms with Gasteiger partial charge < -0.3 is 5.32 Å². The molecule has 0 aromatic heterocycles. The fraction of sp³-hybridized carbons (Fsp3) is 0. The number of nitrogens with one attached hydrogen (secondary N) is 1. The summed E-state index contributed by atoms with van der Waals surface area (Å²) in [5, 5.41) is 12.0. The van der Waals surface area contributed by atoms with Gasteiger partial charge in [0.1, 0.15) is 6.07 Å². The third kappa shape index (κ3) is 3.65. The average molecular weight is 346 g/mol. The predicted octanol–water partition coefficient (Wildman–Crippen LogP) is 3.98. The monoisotopic (exact) mass is 346 g/mol. The number of hydrogen-bond acceptors (Lipinski definition) is 3. The molecule has 4 nitrogen and oxygen atoms in total. The minimum Gasteiger partial charge on any atom is -0.322 e. The maximum atomic E-state index is 13.0. The van der Waals surface area contributed by atoms with E-state index in [1.165, 1.54) is 0 Å². The largest absolute Gasteiger partial charge is 0.322 e. The van der Waals surface area contributed by atoms with E-state index in [0.29, 0.717) is 26.6 Å². The summed E-state index contributed by atoms with van der Waals surface area (Å²) in [7, 11) is -1.63. The van der Waals surface area contributed by atoms with Gasteiger partial charge in [0, 0.05) is 5.69 Å². The molecule has 1 atom stereocenters. The van der Waals surface area contributed by atoms with E-state index in [2.05, 4.69) is 5.32 Å². The Morgan fingerprint density at radius 3 is 2.16 bits per heavy atom. The molecule has 1 amide bonds. The van der Waals surface area contributed by atoms with Crippen molar-refractivity contribution < 1.29 is 9.00 Å². The number of rotatable bonds is 4. The van der Waals surface area contributed by atoms with Crippen molar-refractivity contribution in [1.29, 1.82) is 5.26 Å². The topological polar surface area (TPSA) is 70.0 Å². The second-order valence-electron chi connectivity index (χ2n) is 5.19. The first kappa shape index (κ1) is 16.6. The van der Waals surface area contributed by atoms with E-state index in [1.807, 2.05) is 24.3 Å². The second-order valence-corrected chi connectivity index (χ2v) is 6.61. The third-order valence-electron chi connectivity index (χ3n) is 3.57. The van der Waals surface area contributed by atoms with Crippen LogP contribution in [-0.2, 0) is 10.8 Å². The Bertz CT molecular complexity index is 978. The number of nitrogens with zero attached hydrogens (tertiary/aromatic N) is 1. The van der Waals surface area contributed by atoms with Crippen molar-refractivity contribution in [2.75, 3.05) is 5.32 Å². The van der Waals surface area contributed by atoms with Crippen LogP contribution in [0.15, 0.2) is 88.7 Å². The number of anilines is 1. The Hall–Kier alpha value is -3.23. The van der Waals surface area contributed by atoms with E-state index in [-0.39, 0.29) is 5.91 Å². The molecule has 0 aliphatic carbocycles. The van der Waals surface area contributed by atoms with Crippen molar-refractivity contribution >= 4 is 22.4 Å². The number of carbonyl (C=O) groups excluding carboxylic acids is 1. The second kappa shape index (κ2) is 7.56. The Morgan fingerprint density at radius 1 is 0.840 bits per heavy atom. The minimum atomic E-state index is -1.63. The summed E-state index contributed by atoms with van der Waals surface area (Å²) in [4.78, 5) is 13.4. The normalized spacial score (nSPS) is 11.3. The molecule has 3 rings (SSSR count). The molecule has 25 heavy (non-hydrogen) atoms. The van der Waals surface area contributed by atoms with Gasteiger partial charge >= 0.3 is 0 Å². The van der Waals surface area contributed by atoms with Crippen LogP contribution in [0.4, 0.5) is 5.69 Å². The molecule has 0 spiro atoms. The molecule has 5 heteroatoms. The number of para-hydroxylation sites is 1. The number of benzene rings is 3. The standard InChI is InChI=1S/C20H14N2O2S/c21-14-15-8-4-6-12-18(15)25(24)19-13-7-5-11-17(19)20(23)22-16-9-2-1-3-10-16/h1-13H,(H,22,23)/t25-/m1/s1. The summed E-state index contributed by atoms with van der Waals surface area (Å²) in [6.07, 6.45) is 0. The van der Waals surface area contributed by atoms with Crippen molar-refractivity contribution in [1.82, 2.24) is 0 Å². The van der Waals surface area contributed by atoms with Crippen LogP contribution in [-0.4, -0.2) is 10.1 Å². The summed E-state index contributed by atoms with van der Waals surface area (Å²) in [6, 6.07) is 24.5. The molecule has 0 aliphatic rings. The lowest BCUT2D eigenvalue weighted by molar-refractivity contribution is 0.102. The molecule has 0 saturated heterocycles. The molecule has 0 heterocycles. The van der Waals surface area contributed by atoms with Gasteiger partial charge in [-0.1, -0.05) is 42.5 Å². The molecular weight excluding hydrogens is 332 g/mol. The highest BCUT2D eigenvalue weighted by Crippen LogP contribution is 2.23. The summed E-state index contributed by atoms with van der Waals surface area (Å²) in [6.45, 7) is 0. The zero-order chi connectivity index (χ0) is 17.6. The first-order valence-corrected chi connectivity index (χ1v) is 8.72. The molecule has 1 N–H and O–H groups in total. The fourth-order valence-corrected chi connectivity index (χ4v) is 3.69. The van der Waals surface area contributed by atoms with E-state index in [1.54, 1.807) is 60.7 Å². The van der Waals surface area contributed by atoms with Crippen molar-refractivity contribution in [2.24, 2.45) is 0 Å². The lowest BCUT2D eigenvalue weighted by atomic mass is 10.2. The van der Waals surface area contributed by atoms with Gasteiger partial charge in [0.15, 0.2) is 0 Å². The maximum absolute atomic E-state index is 13.0. The lowest BCUT2D eigenvalue weighted by Crippen LogP contribution is -2.15. The van der Waals surface area contributed by atoms with Crippen LogP contribution in [0.1, 0.15) is 15.9 Å². The number of carbonyl (C=O) groups is 1. The van der Waals surface area contributed by atoms with Gasteiger partial charge in [-0.25, -0.2) is 4.21 Å². The quantitative estimate of drug-likeness (QED) is 0.777. The molecule has 0 unspecified atom stereocenters. The number of amides is 1. The third-order valence-corrected chi connectivity index (χ3v) is 5.08. The van der Waals surface area contributed by atoms with Gasteiger partial charge in [0.25, 0.3) is 5.91 Å². The van der Waals surface area contributed by atoms with Crippen molar-refractivity contribution in [3.63, 3.8) is 0 Å². The van der Waals surface area contributed by atoms with Crippen LogP contribution in [0.3, 0.4) is 0 Å². The first-order chi connectivity index (χ1) is 12.2. The molecule has 0 radical (unpaired) electrons. The van der Waals surface area contributed by atoms with Crippen molar-refractivity contribution in [2.45, 2.75) is 9.79 Å². The average Bonchev–Trinajstić information content (AvgIpc) is 2.68. The minimum absolute atomic E-state index is 0.317. The van der Waals surface area contributed by atoms with Crippen molar-refractivity contribution in [3.05, 3.63) is 90.0 Å². The summed E-state index contributed by atoms with van der Waals surface area (Å²) in [5.74, 6) is -0.343. The van der Waals surface area contributed by atoms with Crippen LogP contribution in [0.25, 0.3) is 0 Å². The van der Waals surface area contributed by atoms with Gasteiger partial charge in [-0.05, 0) is 36.4 Å². The van der Waals surface area contributed by atoms with E-state index in [9.17, 15) is 14.3 Å². The van der Waals surface area contributed by atoms with Gasteiger partial charge in [-0.15, -0.1) is 0 Å². The highest BCUT2D eigenvalue weighted by atomic mass is 32.2. The maximum Gasteiger partial charge on any atom is 0.256 e. The summed E-state index contributed by atoms with van der Waals surface area (Å²) < 4.78 is 13.0. The van der Waals surface area contributed by atoms with Crippen LogP contribution in [0.2, 0.25) is 0 Å². The van der Waals surface area contributed by atoms with Crippen molar-refractivity contribution in [3.8, 4) is 6.07 Å². The summed E-state index contributed by atoms with van der Waals surface area (Å²) >= 11 is 0. The molecule has 122 valence electrons. The molecule has 0 saturated carbocycles. The van der Waals surface area contributed by atoms with Crippen LogP contribution in [0.5, 0.6) is 0 Å². The zero-order valence-corrected chi connectivity index (χ0v) is 14.0. The smallest absolute Gasteiger partial charge is 0.256 e. The Morgan fingerprint density at radius 2 is 1.44 bits per heavy atom. The highest BCUT2D eigenvalue weighted by Gasteiger charge is 2.19. The lowest BCUT2D eigenvalue weighted by Gasteiger charge is -2.11. The van der Waals surface area contributed by atoms with E-state index >= 15 is 0 Å². The molecule has 3 aromatic rings. The first-order valence-electron chi connectivity index (χ1n) is 7.57. The number of nitriles is 1. The van der Waals surface area contributed by atoms with Gasteiger partial charge in [0.05, 0.1) is 31.7 Å². The SMILES string of the molecule is N#Cc1ccccc1[S@@](=O)c1ccccc1C(=O)Nc1ccccc1. The molecule has 3 aromatic carbocycles. The van der Waals surface area contributed by atoms with Gasteiger partial charge in [-0.2, -0.15) is 5.26 Å². The molecule has 0 aliphatic heterocycles. The van der Waals surface area contributed by atoms with E-state index in [0.717, 1.165) is 0 Å². The summed E-state index contributed by atoms with van der Waals surface area (Å²) in [5.41, 5.74) is 1.31. The zero-order valence-electron chi connectivity index (χ0n) is 13.2. The van der Waals surface area contributed by atoms with E-state index in [4.69, 9.17) is 0 Å². The Kier molecular flexibility index (Phi) is 5.03. The van der Waals surface area contributed by atoms with Gasteiger partial charge in [0.2, 0.25) is 0 Å². The van der Waals surface area contributed by atoms with Crippen LogP contribution < -0.4 is 5.32 Å². The Labute approximate surface area is 148 Å². The predicted molar refractivity (Wildman–Crippen MR) is 96.7 cm³/mol. The molecule has 0 fully saturated rings. The number of hydrogen-bond donors (Lipinski definition) is 1. The van der Waals surface area contributed by atoms with E-state index < -0.39 is 10.8 Å². The van der Waals surface area contributed by atoms with Crippen LogP contribution in [0, 0.1) is 11.3 Å². The molecule has 0 bridgehead atoms. The fourth-order valence-electron chi connectivity index (χ4n) is 2.37. The Balaban J connectivity index is 1.97. The molecular formula is C20H14N2O2S. The van der Waals surface area contributed by atoms with Crippen LogP contribution >= 0.6 is 0 Å². The van der Waals surface area contributed by atoms with Gasteiger partial charge in [-0.3, -0.25) is 4.79 Å². The highest BCUT2D eigenvalue weighted by molar-refractivity contribution is 7.85.